The molecule has 0 bridgehead atoms. The Balaban J connectivity index is 0.00000441. The first-order valence-electron chi connectivity index (χ1n) is 12.9. The molecule has 0 aliphatic carbocycles. The molecule has 4 rings (SSSR count). The zero-order valence-electron chi connectivity index (χ0n) is 22.1. The highest BCUT2D eigenvalue weighted by Gasteiger charge is 2.30. The van der Waals surface area contributed by atoms with Gasteiger partial charge in [-0.25, -0.2) is 18.0 Å². The lowest BCUT2D eigenvalue weighted by atomic mass is 9.80. The van der Waals surface area contributed by atoms with E-state index in [1.807, 2.05) is 29.4 Å². The summed E-state index contributed by atoms with van der Waals surface area (Å²) >= 11 is 11.0. The first kappa shape index (κ1) is 31.6. The van der Waals surface area contributed by atoms with E-state index < -0.39 is 11.2 Å². The Kier molecular flexibility index (Phi) is 11.9. The molecule has 0 saturated carbocycles. The van der Waals surface area contributed by atoms with Crippen LogP contribution < -0.4 is 15.4 Å². The van der Waals surface area contributed by atoms with Crippen LogP contribution in [-0.4, -0.2) is 46.2 Å². The number of rotatable bonds is 9. The summed E-state index contributed by atoms with van der Waals surface area (Å²) in [6.45, 7) is 4.45. The van der Waals surface area contributed by atoms with Gasteiger partial charge in [0.25, 0.3) is 0 Å². The molecule has 0 radical (unpaired) electrons. The van der Waals surface area contributed by atoms with Crippen molar-refractivity contribution in [1.82, 2.24) is 14.3 Å². The number of halogens is 2. The van der Waals surface area contributed by atoms with Gasteiger partial charge in [-0.15, -0.1) is 0 Å². The maximum Gasteiger partial charge on any atom is 0.319 e. The molecule has 212 valence electrons. The molecule has 0 aromatic heterocycles. The van der Waals surface area contributed by atoms with Gasteiger partial charge in [0.05, 0.1) is 11.6 Å². The highest BCUT2D eigenvalue weighted by atomic mass is 35.5. The summed E-state index contributed by atoms with van der Waals surface area (Å²) in [6, 6.07) is 22.6. The Hall–Kier alpha value is -2.97. The molecule has 1 fully saturated rings. The van der Waals surface area contributed by atoms with E-state index in [4.69, 9.17) is 23.2 Å². The number of nitriles is 1. The number of nitrogens with zero attached hydrogens (tertiary/aromatic N) is 2. The predicted molar refractivity (Wildman–Crippen MR) is 163 cm³/mol. The van der Waals surface area contributed by atoms with Gasteiger partial charge in [-0.3, -0.25) is 0 Å². The fourth-order valence-corrected chi connectivity index (χ4v) is 6.41. The van der Waals surface area contributed by atoms with Crippen molar-refractivity contribution in [2.24, 2.45) is 5.92 Å². The second-order valence-electron chi connectivity index (χ2n) is 9.43. The van der Waals surface area contributed by atoms with Gasteiger partial charge >= 0.3 is 6.03 Å². The Morgan fingerprint density at radius 1 is 1.05 bits per heavy atom. The summed E-state index contributed by atoms with van der Waals surface area (Å²) in [5.41, 5.74) is 4.26. The van der Waals surface area contributed by atoms with Crippen LogP contribution in [0.2, 0.25) is 10.0 Å². The largest absolute Gasteiger partial charge is 0.412 e. The zero-order chi connectivity index (χ0) is 27.8. The Bertz CT molecular complexity index is 1340. The molecule has 0 spiro atoms. The molecule has 2 unspecified atom stereocenters. The Morgan fingerprint density at radius 2 is 1.73 bits per heavy atom. The van der Waals surface area contributed by atoms with E-state index in [1.54, 1.807) is 24.3 Å². The van der Waals surface area contributed by atoms with E-state index >= 15 is 0 Å². The van der Waals surface area contributed by atoms with Crippen LogP contribution in [0.15, 0.2) is 66.7 Å². The molecule has 1 aliphatic heterocycles. The van der Waals surface area contributed by atoms with Gasteiger partial charge < -0.3 is 16.1 Å². The topological polar surface area (TPSA) is 129 Å². The number of carbonyl (C=O) groups is 1. The van der Waals surface area contributed by atoms with Crippen molar-refractivity contribution in [2.75, 3.05) is 31.5 Å². The molecule has 3 aromatic carbocycles. The number of urea groups is 1. The molecule has 3 aromatic rings. The van der Waals surface area contributed by atoms with E-state index in [0.29, 0.717) is 53.4 Å². The third-order valence-corrected chi connectivity index (χ3v) is 8.64. The van der Waals surface area contributed by atoms with Gasteiger partial charge in [0.1, 0.15) is 0 Å². The molecule has 40 heavy (non-hydrogen) atoms. The number of hydrogen-bond acceptors (Lipinski definition) is 3. The predicted octanol–water partition coefficient (Wildman–Crippen LogP) is 5.51. The lowest BCUT2D eigenvalue weighted by Crippen LogP contribution is -2.43. The molecule has 1 aliphatic rings. The molecule has 1 saturated heterocycles. The second kappa shape index (κ2) is 15.1. The number of hydrogen-bond donors (Lipinski definition) is 3. The van der Waals surface area contributed by atoms with Crippen molar-refractivity contribution in [3.05, 3.63) is 87.9 Å². The number of amides is 2. The minimum absolute atomic E-state index is 0. The third kappa shape index (κ3) is 8.51. The zero-order valence-corrected chi connectivity index (χ0v) is 24.5. The van der Waals surface area contributed by atoms with Crippen LogP contribution in [0.5, 0.6) is 0 Å². The first-order valence-corrected chi connectivity index (χ1v) is 14.7. The van der Waals surface area contributed by atoms with Crippen molar-refractivity contribution in [3.63, 3.8) is 0 Å². The lowest BCUT2D eigenvalue weighted by molar-refractivity contribution is 0.236. The lowest BCUT2D eigenvalue weighted by Gasteiger charge is -2.35. The van der Waals surface area contributed by atoms with Crippen LogP contribution in [0.25, 0.3) is 11.1 Å². The molecular weight excluding hydrogens is 569 g/mol. The minimum Gasteiger partial charge on any atom is -0.412 e. The number of nitrogens with one attached hydrogen (secondary N) is 3. The van der Waals surface area contributed by atoms with Crippen LogP contribution in [0, 0.1) is 17.2 Å². The molecule has 11 heteroatoms. The summed E-state index contributed by atoms with van der Waals surface area (Å²) < 4.78 is 17.4. The van der Waals surface area contributed by atoms with Crippen LogP contribution in [0.3, 0.4) is 0 Å². The number of anilines is 1. The summed E-state index contributed by atoms with van der Waals surface area (Å²) in [5.74, 6) is 0.362. The van der Waals surface area contributed by atoms with Crippen LogP contribution in [0.4, 0.5) is 10.5 Å². The van der Waals surface area contributed by atoms with Crippen LogP contribution in [0.1, 0.15) is 36.8 Å². The quantitative estimate of drug-likeness (QED) is 0.299. The smallest absolute Gasteiger partial charge is 0.319 e. The van der Waals surface area contributed by atoms with Crippen LogP contribution in [-0.2, 0) is 11.2 Å². The van der Waals surface area contributed by atoms with Crippen LogP contribution >= 0.6 is 23.2 Å². The molecule has 8 nitrogen and oxygen atoms in total. The fraction of sp³-hybridized carbons (Fsp3) is 0.310. The molecule has 2 atom stereocenters. The standard InChI is InChI=1S/C29H31Cl2N5O2S.H2O/c1-2-34-39(38)36-12-10-23(11-13-36)28(19-33-29(37)35-27-16-25(30)15-26(31)17-27)22-8-6-21(7-9-22)24-5-3-4-20(14-24)18-32;/h3-9,14-17,23,28,34H,2,10-13,19H2,1H3,(H2,33,35,37);1H2. The van der Waals surface area contributed by atoms with E-state index in [2.05, 4.69) is 45.7 Å². The molecule has 2 amide bonds. The van der Waals surface area contributed by atoms with Gasteiger partial charge in [0, 0.05) is 47.8 Å². The number of benzene rings is 3. The van der Waals surface area contributed by atoms with Gasteiger partial charge in [-0.05, 0) is 65.8 Å². The van der Waals surface area contributed by atoms with Crippen molar-refractivity contribution in [1.29, 1.82) is 5.26 Å². The van der Waals surface area contributed by atoms with Gasteiger partial charge in [0.15, 0.2) is 11.2 Å². The minimum atomic E-state index is -1.18. The molecule has 5 N–H and O–H groups in total. The summed E-state index contributed by atoms with van der Waals surface area (Å²) in [4.78, 5) is 12.8. The highest BCUT2D eigenvalue weighted by Crippen LogP contribution is 2.34. The van der Waals surface area contributed by atoms with Gasteiger partial charge in [0.2, 0.25) is 0 Å². The second-order valence-corrected chi connectivity index (χ2v) is 11.6. The monoisotopic (exact) mass is 601 g/mol. The average Bonchev–Trinajstić information content (AvgIpc) is 2.93. The first-order chi connectivity index (χ1) is 18.9. The average molecular weight is 603 g/mol. The van der Waals surface area contributed by atoms with Crippen molar-refractivity contribution in [2.45, 2.75) is 25.7 Å². The highest BCUT2D eigenvalue weighted by molar-refractivity contribution is 7.80. The normalized spacial score (nSPS) is 15.3. The molecular formula is C29H33Cl2N5O3S. The van der Waals surface area contributed by atoms with E-state index in [9.17, 15) is 14.3 Å². The maximum atomic E-state index is 12.8. The van der Waals surface area contributed by atoms with Crippen molar-refractivity contribution >= 4 is 46.1 Å². The summed E-state index contributed by atoms with van der Waals surface area (Å²) in [6.07, 6.45) is 1.72. The SMILES string of the molecule is CCNS(=O)N1CCC(C(CNC(=O)Nc2cc(Cl)cc(Cl)c2)c2ccc(-c3cccc(C#N)c3)cc2)CC1.O. The van der Waals surface area contributed by atoms with E-state index in [0.717, 1.165) is 29.5 Å². The van der Waals surface area contributed by atoms with Gasteiger partial charge in [-0.1, -0.05) is 66.5 Å². The van der Waals surface area contributed by atoms with E-state index in [1.165, 1.54) is 0 Å². The Labute approximate surface area is 247 Å². The van der Waals surface area contributed by atoms with Crippen molar-refractivity contribution in [3.8, 4) is 17.2 Å². The Morgan fingerprint density at radius 3 is 2.35 bits per heavy atom. The third-order valence-electron chi connectivity index (χ3n) is 6.84. The van der Waals surface area contributed by atoms with Crippen molar-refractivity contribution < 1.29 is 14.5 Å². The fourth-order valence-electron chi connectivity index (χ4n) is 4.91. The number of carbonyl (C=O) groups excluding carboxylic acids is 1. The maximum absolute atomic E-state index is 12.8. The van der Waals surface area contributed by atoms with E-state index in [-0.39, 0.29) is 17.4 Å². The van der Waals surface area contributed by atoms with Gasteiger partial charge in [-0.2, -0.15) is 5.26 Å². The summed E-state index contributed by atoms with van der Waals surface area (Å²) in [7, 11) is 0. The number of piperidine rings is 1. The molecule has 1 heterocycles. The summed E-state index contributed by atoms with van der Waals surface area (Å²) in [5, 5.41) is 16.0.